The fourth-order valence-corrected chi connectivity index (χ4v) is 0.936. The maximum absolute atomic E-state index is 13.1. The van der Waals surface area contributed by atoms with Gasteiger partial charge in [0.2, 0.25) is 5.96 Å². The van der Waals surface area contributed by atoms with Crippen LogP contribution in [-0.4, -0.2) is 12.2 Å². The first kappa shape index (κ1) is 10.5. The monoisotopic (exact) mass is 214 g/mol. The summed E-state index contributed by atoms with van der Waals surface area (Å²) >= 11 is 5.55. The van der Waals surface area contributed by atoms with Crippen molar-refractivity contribution >= 4 is 23.8 Å². The summed E-state index contributed by atoms with van der Waals surface area (Å²) in [4.78, 5) is 0. The Morgan fingerprint density at radius 1 is 1.64 bits per heavy atom. The largest absolute Gasteiger partial charge is 0.369 e. The molecular weight excluding hydrogens is 207 g/mol. The van der Waals surface area contributed by atoms with Crippen molar-refractivity contribution in [2.75, 3.05) is 0 Å². The fraction of sp³-hybridized carbons (Fsp3) is 0. The number of hydrazone groups is 1. The molecule has 0 bridgehead atoms. The minimum atomic E-state index is -0.480. The molecule has 0 unspecified atom stereocenters. The third kappa shape index (κ3) is 3.02. The molecule has 1 rings (SSSR count). The van der Waals surface area contributed by atoms with Crippen molar-refractivity contribution in [3.05, 3.63) is 34.6 Å². The number of nitrogens with one attached hydrogen (secondary N) is 2. The summed E-state index contributed by atoms with van der Waals surface area (Å²) in [5.41, 5.74) is 7.40. The Kier molecular flexibility index (Phi) is 3.41. The number of hydrogen-bond donors (Lipinski definition) is 3. The summed E-state index contributed by atoms with van der Waals surface area (Å²) in [6.45, 7) is 0. The first-order chi connectivity index (χ1) is 6.59. The molecule has 1 aromatic rings. The second-order valence-corrected chi connectivity index (χ2v) is 2.89. The minimum Gasteiger partial charge on any atom is -0.369 e. The van der Waals surface area contributed by atoms with Crippen LogP contribution in [0.1, 0.15) is 5.56 Å². The van der Waals surface area contributed by atoms with Crippen LogP contribution in [0.15, 0.2) is 23.3 Å². The van der Waals surface area contributed by atoms with E-state index in [0.29, 0.717) is 5.02 Å². The Bertz CT molecular complexity index is 378. The van der Waals surface area contributed by atoms with Gasteiger partial charge in [-0.25, -0.2) is 9.82 Å². The average Bonchev–Trinajstić information content (AvgIpc) is 2.08. The Morgan fingerprint density at radius 3 is 2.93 bits per heavy atom. The van der Waals surface area contributed by atoms with Crippen LogP contribution in [0.2, 0.25) is 5.02 Å². The maximum atomic E-state index is 13.1. The summed E-state index contributed by atoms with van der Waals surface area (Å²) < 4.78 is 13.1. The van der Waals surface area contributed by atoms with Gasteiger partial charge in [0, 0.05) is 10.6 Å². The third-order valence-electron chi connectivity index (χ3n) is 1.35. The minimum absolute atomic E-state index is 0.267. The quantitative estimate of drug-likeness (QED) is 0.394. The third-order valence-corrected chi connectivity index (χ3v) is 1.59. The molecule has 0 aliphatic heterocycles. The van der Waals surface area contributed by atoms with Crippen LogP contribution in [0.3, 0.4) is 0 Å². The van der Waals surface area contributed by atoms with Crippen molar-refractivity contribution in [3.63, 3.8) is 0 Å². The van der Waals surface area contributed by atoms with Crippen LogP contribution in [-0.2, 0) is 0 Å². The van der Waals surface area contributed by atoms with Gasteiger partial charge in [-0.2, -0.15) is 5.10 Å². The molecule has 0 aromatic heterocycles. The average molecular weight is 215 g/mol. The van der Waals surface area contributed by atoms with Gasteiger partial charge < -0.3 is 5.73 Å². The number of rotatable bonds is 2. The lowest BCUT2D eigenvalue weighted by atomic mass is 10.2. The van der Waals surface area contributed by atoms with Crippen molar-refractivity contribution in [2.45, 2.75) is 0 Å². The summed E-state index contributed by atoms with van der Waals surface area (Å²) in [5.74, 6) is -0.790. The van der Waals surface area contributed by atoms with E-state index in [9.17, 15) is 4.39 Å². The van der Waals surface area contributed by atoms with Gasteiger partial charge >= 0.3 is 0 Å². The molecule has 0 heterocycles. The van der Waals surface area contributed by atoms with Gasteiger partial charge in [-0.15, -0.1) is 0 Å². The highest BCUT2D eigenvalue weighted by Gasteiger charge is 1.99. The van der Waals surface area contributed by atoms with E-state index in [0.717, 1.165) is 0 Å². The van der Waals surface area contributed by atoms with E-state index in [1.54, 1.807) is 6.07 Å². The van der Waals surface area contributed by atoms with Gasteiger partial charge in [-0.1, -0.05) is 11.6 Å². The molecule has 1 aromatic carbocycles. The molecule has 0 aliphatic carbocycles. The zero-order valence-corrected chi connectivity index (χ0v) is 7.85. The van der Waals surface area contributed by atoms with Gasteiger partial charge in [-0.3, -0.25) is 5.41 Å². The summed E-state index contributed by atoms with van der Waals surface area (Å²) in [6.07, 6.45) is 1.22. The van der Waals surface area contributed by atoms with Crippen LogP contribution >= 0.6 is 11.6 Å². The Morgan fingerprint density at radius 2 is 2.36 bits per heavy atom. The number of halogens is 2. The lowest BCUT2D eigenvalue weighted by Crippen LogP contribution is -2.25. The maximum Gasteiger partial charge on any atom is 0.206 e. The van der Waals surface area contributed by atoms with Crippen LogP contribution in [0.4, 0.5) is 4.39 Å². The molecule has 0 atom stereocenters. The number of guanidine groups is 1. The summed E-state index contributed by atoms with van der Waals surface area (Å²) in [7, 11) is 0. The standard InChI is InChI=1S/C8H8ClFN4/c9-6-2-1-5(7(10)3-6)4-13-14-8(11)12/h1-4H,(H4,11,12,14). The van der Waals surface area contributed by atoms with Crippen LogP contribution in [0.5, 0.6) is 0 Å². The molecule has 4 N–H and O–H groups in total. The lowest BCUT2D eigenvalue weighted by Gasteiger charge is -1.97. The molecule has 0 spiro atoms. The van der Waals surface area contributed by atoms with Gasteiger partial charge in [0.25, 0.3) is 0 Å². The topological polar surface area (TPSA) is 74.3 Å². The highest BCUT2D eigenvalue weighted by molar-refractivity contribution is 6.30. The molecule has 6 heteroatoms. The molecule has 0 saturated carbocycles. The second-order valence-electron chi connectivity index (χ2n) is 2.45. The molecule has 0 fully saturated rings. The van der Waals surface area contributed by atoms with Gasteiger partial charge in [0.15, 0.2) is 0 Å². The van der Waals surface area contributed by atoms with Gasteiger partial charge in [0.1, 0.15) is 5.82 Å². The van der Waals surface area contributed by atoms with Crippen LogP contribution in [0.25, 0.3) is 0 Å². The summed E-state index contributed by atoms with van der Waals surface area (Å²) in [5, 5.41) is 10.6. The van der Waals surface area contributed by atoms with Crippen LogP contribution < -0.4 is 11.2 Å². The van der Waals surface area contributed by atoms with Gasteiger partial charge in [-0.05, 0) is 18.2 Å². The van der Waals surface area contributed by atoms with Crippen molar-refractivity contribution in [1.82, 2.24) is 5.43 Å². The Hall–Kier alpha value is -1.62. The molecule has 0 radical (unpaired) electrons. The first-order valence-electron chi connectivity index (χ1n) is 3.68. The van der Waals surface area contributed by atoms with E-state index < -0.39 is 5.82 Å². The normalized spacial score (nSPS) is 10.4. The molecule has 14 heavy (non-hydrogen) atoms. The van der Waals surface area contributed by atoms with Crippen molar-refractivity contribution in [2.24, 2.45) is 10.8 Å². The van der Waals surface area contributed by atoms with E-state index in [1.807, 2.05) is 0 Å². The first-order valence-corrected chi connectivity index (χ1v) is 4.05. The van der Waals surface area contributed by atoms with Crippen molar-refractivity contribution in [1.29, 1.82) is 5.41 Å². The molecular formula is C8H8ClFN4. The number of nitrogens with zero attached hydrogens (tertiary/aromatic N) is 1. The fourth-order valence-electron chi connectivity index (χ4n) is 0.778. The zero-order chi connectivity index (χ0) is 10.6. The number of nitrogens with two attached hydrogens (primary N) is 1. The van der Waals surface area contributed by atoms with E-state index in [1.165, 1.54) is 18.3 Å². The second kappa shape index (κ2) is 4.57. The van der Waals surface area contributed by atoms with E-state index in [-0.39, 0.29) is 11.5 Å². The van der Waals surface area contributed by atoms with Crippen molar-refractivity contribution in [3.8, 4) is 0 Å². The van der Waals surface area contributed by atoms with Crippen LogP contribution in [0, 0.1) is 11.2 Å². The van der Waals surface area contributed by atoms with E-state index in [4.69, 9.17) is 22.7 Å². The van der Waals surface area contributed by atoms with Crippen molar-refractivity contribution < 1.29 is 4.39 Å². The Balaban J connectivity index is 2.76. The smallest absolute Gasteiger partial charge is 0.206 e. The van der Waals surface area contributed by atoms with Gasteiger partial charge in [0.05, 0.1) is 6.21 Å². The van der Waals surface area contributed by atoms with E-state index >= 15 is 0 Å². The highest BCUT2D eigenvalue weighted by atomic mass is 35.5. The predicted octanol–water partition coefficient (Wildman–Crippen LogP) is 1.30. The zero-order valence-electron chi connectivity index (χ0n) is 7.09. The number of benzene rings is 1. The van der Waals surface area contributed by atoms with E-state index in [2.05, 4.69) is 10.5 Å². The molecule has 0 amide bonds. The Labute approximate surface area is 85.1 Å². The highest BCUT2D eigenvalue weighted by Crippen LogP contribution is 2.12. The molecule has 4 nitrogen and oxygen atoms in total. The molecule has 74 valence electrons. The SMILES string of the molecule is N=C(N)NN=Cc1ccc(Cl)cc1F. The summed E-state index contributed by atoms with van der Waals surface area (Å²) in [6, 6.07) is 4.19. The molecule has 0 saturated heterocycles. The lowest BCUT2D eigenvalue weighted by molar-refractivity contribution is 0.626. The number of hydrogen-bond acceptors (Lipinski definition) is 2. The predicted molar refractivity (Wildman–Crippen MR) is 54.1 cm³/mol. The molecule has 0 aliphatic rings.